The summed E-state index contributed by atoms with van der Waals surface area (Å²) in [6.45, 7) is 0. The molecule has 0 aliphatic rings. The Morgan fingerprint density at radius 2 is 2.17 bits per heavy atom. The molecule has 0 fully saturated rings. The van der Waals surface area contributed by atoms with Crippen molar-refractivity contribution in [2.45, 2.75) is 0 Å². The molecule has 5 heteroatoms. The molecule has 1 aromatic rings. The van der Waals surface area contributed by atoms with Crippen LogP contribution in [0, 0.1) is 3.57 Å². The highest BCUT2D eigenvalue weighted by atomic mass is 127. The fourth-order valence-electron chi connectivity index (χ4n) is 0.746. The first-order chi connectivity index (χ1) is 5.65. The van der Waals surface area contributed by atoms with E-state index >= 15 is 0 Å². The van der Waals surface area contributed by atoms with E-state index < -0.39 is 0 Å². The van der Waals surface area contributed by atoms with E-state index in [1.165, 1.54) is 6.21 Å². The topological polar surface area (TPSA) is 52.8 Å². The minimum absolute atomic E-state index is 0.122. The van der Waals surface area contributed by atoms with E-state index in [2.05, 4.69) is 21.1 Å². The Hall–Kier alpha value is -0.300. The standard InChI is InChI=1S/C7H5BrINO2/c8-5-1-4(3-10-12)7(11)6(9)2-5/h1-3,11-12H. The van der Waals surface area contributed by atoms with Gasteiger partial charge in [0.1, 0.15) is 5.75 Å². The number of nitrogens with zero attached hydrogens (tertiary/aromatic N) is 1. The lowest BCUT2D eigenvalue weighted by atomic mass is 10.2. The fourth-order valence-corrected chi connectivity index (χ4v) is 2.30. The van der Waals surface area contributed by atoms with Crippen molar-refractivity contribution in [3.8, 4) is 5.75 Å². The number of phenolic OH excluding ortho intramolecular Hbond substituents is 1. The molecule has 2 N–H and O–H groups in total. The normalized spacial score (nSPS) is 10.8. The van der Waals surface area contributed by atoms with Gasteiger partial charge >= 0.3 is 0 Å². The minimum atomic E-state index is 0.122. The van der Waals surface area contributed by atoms with Crippen LogP contribution in [0.4, 0.5) is 0 Å². The monoisotopic (exact) mass is 341 g/mol. The predicted molar refractivity (Wildman–Crippen MR) is 57.9 cm³/mol. The Morgan fingerprint density at radius 3 is 2.75 bits per heavy atom. The Bertz CT molecular complexity index is 327. The van der Waals surface area contributed by atoms with Crippen molar-refractivity contribution in [3.63, 3.8) is 0 Å². The summed E-state index contributed by atoms with van der Waals surface area (Å²) >= 11 is 5.25. The molecule has 0 bridgehead atoms. The zero-order chi connectivity index (χ0) is 9.14. The summed E-state index contributed by atoms with van der Waals surface area (Å²) in [7, 11) is 0. The quantitative estimate of drug-likeness (QED) is 0.357. The molecule has 0 aliphatic carbocycles. The van der Waals surface area contributed by atoms with Crippen LogP contribution >= 0.6 is 38.5 Å². The van der Waals surface area contributed by atoms with Crippen molar-refractivity contribution in [2.24, 2.45) is 5.16 Å². The lowest BCUT2D eigenvalue weighted by Gasteiger charge is -2.01. The molecule has 0 atom stereocenters. The number of hydrogen-bond acceptors (Lipinski definition) is 3. The Balaban J connectivity index is 3.27. The van der Waals surface area contributed by atoms with E-state index in [0.717, 1.165) is 4.47 Å². The highest BCUT2D eigenvalue weighted by molar-refractivity contribution is 14.1. The van der Waals surface area contributed by atoms with Crippen LogP contribution in [-0.2, 0) is 0 Å². The highest BCUT2D eigenvalue weighted by Crippen LogP contribution is 2.27. The van der Waals surface area contributed by atoms with Gasteiger partial charge in [-0.3, -0.25) is 0 Å². The lowest BCUT2D eigenvalue weighted by molar-refractivity contribution is 0.321. The molecule has 0 aromatic heterocycles. The van der Waals surface area contributed by atoms with Gasteiger partial charge in [0.25, 0.3) is 0 Å². The lowest BCUT2D eigenvalue weighted by Crippen LogP contribution is -1.85. The van der Waals surface area contributed by atoms with Gasteiger partial charge in [-0.15, -0.1) is 0 Å². The van der Waals surface area contributed by atoms with Crippen molar-refractivity contribution in [1.29, 1.82) is 0 Å². The third kappa shape index (κ3) is 2.10. The molecule has 0 aliphatic heterocycles. The van der Waals surface area contributed by atoms with Gasteiger partial charge in [-0.2, -0.15) is 0 Å². The average Bonchev–Trinajstić information content (AvgIpc) is 2.00. The van der Waals surface area contributed by atoms with E-state index in [0.29, 0.717) is 9.13 Å². The van der Waals surface area contributed by atoms with Crippen LogP contribution in [0.2, 0.25) is 0 Å². The predicted octanol–water partition coefficient (Wildman–Crippen LogP) is 2.57. The summed E-state index contributed by atoms with van der Waals surface area (Å²) in [5.41, 5.74) is 0.483. The van der Waals surface area contributed by atoms with Gasteiger partial charge in [-0.1, -0.05) is 21.1 Å². The second kappa shape index (κ2) is 4.08. The number of benzene rings is 1. The molecule has 0 spiro atoms. The first-order valence-corrected chi connectivity index (χ1v) is 4.87. The molecule has 0 unspecified atom stereocenters. The van der Waals surface area contributed by atoms with Crippen LogP contribution in [0.3, 0.4) is 0 Å². The van der Waals surface area contributed by atoms with Gasteiger partial charge in [0.15, 0.2) is 0 Å². The van der Waals surface area contributed by atoms with Crippen molar-refractivity contribution in [2.75, 3.05) is 0 Å². The smallest absolute Gasteiger partial charge is 0.137 e. The number of aromatic hydroxyl groups is 1. The third-order valence-electron chi connectivity index (χ3n) is 1.25. The summed E-state index contributed by atoms with van der Waals surface area (Å²) in [6.07, 6.45) is 1.18. The molecule has 0 heterocycles. The van der Waals surface area contributed by atoms with Crippen molar-refractivity contribution in [1.82, 2.24) is 0 Å². The van der Waals surface area contributed by atoms with Gasteiger partial charge in [0, 0.05) is 10.0 Å². The molecule has 64 valence electrons. The van der Waals surface area contributed by atoms with Crippen molar-refractivity contribution < 1.29 is 10.3 Å². The fraction of sp³-hybridized carbons (Fsp3) is 0. The molecule has 0 radical (unpaired) electrons. The maximum atomic E-state index is 9.42. The maximum absolute atomic E-state index is 9.42. The van der Waals surface area contributed by atoms with Gasteiger partial charge < -0.3 is 10.3 Å². The number of rotatable bonds is 1. The first-order valence-electron chi connectivity index (χ1n) is 3.00. The van der Waals surface area contributed by atoms with Crippen LogP contribution in [0.5, 0.6) is 5.75 Å². The van der Waals surface area contributed by atoms with Crippen LogP contribution in [-0.4, -0.2) is 16.5 Å². The zero-order valence-electron chi connectivity index (χ0n) is 5.83. The van der Waals surface area contributed by atoms with Gasteiger partial charge in [0.05, 0.1) is 9.78 Å². The van der Waals surface area contributed by atoms with Gasteiger partial charge in [-0.25, -0.2) is 0 Å². The van der Waals surface area contributed by atoms with E-state index in [1.807, 2.05) is 22.6 Å². The van der Waals surface area contributed by atoms with Gasteiger partial charge in [0.2, 0.25) is 0 Å². The Labute approximate surface area is 91.4 Å². The van der Waals surface area contributed by atoms with E-state index in [-0.39, 0.29) is 5.75 Å². The maximum Gasteiger partial charge on any atom is 0.137 e. The van der Waals surface area contributed by atoms with Crippen LogP contribution < -0.4 is 0 Å². The van der Waals surface area contributed by atoms with Crippen molar-refractivity contribution in [3.05, 3.63) is 25.7 Å². The van der Waals surface area contributed by atoms with Crippen LogP contribution in [0.1, 0.15) is 5.56 Å². The number of oxime groups is 1. The van der Waals surface area contributed by atoms with E-state index in [1.54, 1.807) is 12.1 Å². The molecule has 12 heavy (non-hydrogen) atoms. The second-order valence-electron chi connectivity index (χ2n) is 2.07. The largest absolute Gasteiger partial charge is 0.506 e. The molecule has 3 nitrogen and oxygen atoms in total. The third-order valence-corrected chi connectivity index (χ3v) is 2.53. The SMILES string of the molecule is ON=Cc1cc(Br)cc(I)c1O. The number of halogens is 2. The summed E-state index contributed by atoms with van der Waals surface area (Å²) < 4.78 is 1.54. The minimum Gasteiger partial charge on any atom is -0.506 e. The zero-order valence-corrected chi connectivity index (χ0v) is 9.57. The molecule has 0 saturated heterocycles. The average molecular weight is 342 g/mol. The summed E-state index contributed by atoms with van der Waals surface area (Å²) in [6, 6.07) is 3.43. The number of hydrogen-bond donors (Lipinski definition) is 2. The molecule has 0 amide bonds. The van der Waals surface area contributed by atoms with Crippen LogP contribution in [0.15, 0.2) is 21.8 Å². The van der Waals surface area contributed by atoms with Crippen molar-refractivity contribution >= 4 is 44.7 Å². The van der Waals surface area contributed by atoms with Gasteiger partial charge in [-0.05, 0) is 34.7 Å². The molecular formula is C7H5BrINO2. The molecule has 1 rings (SSSR count). The molecule has 0 saturated carbocycles. The summed E-state index contributed by atoms with van der Waals surface area (Å²) in [5.74, 6) is 0.122. The second-order valence-corrected chi connectivity index (χ2v) is 4.15. The Morgan fingerprint density at radius 1 is 1.50 bits per heavy atom. The summed E-state index contributed by atoms with van der Waals surface area (Å²) in [5, 5.41) is 20.5. The Kier molecular flexibility index (Phi) is 3.33. The van der Waals surface area contributed by atoms with E-state index in [9.17, 15) is 5.11 Å². The summed E-state index contributed by atoms with van der Waals surface area (Å²) in [4.78, 5) is 0. The van der Waals surface area contributed by atoms with Crippen LogP contribution in [0.25, 0.3) is 0 Å². The first kappa shape index (κ1) is 9.79. The molecule has 1 aromatic carbocycles. The van der Waals surface area contributed by atoms with E-state index in [4.69, 9.17) is 5.21 Å². The number of phenols is 1. The highest BCUT2D eigenvalue weighted by Gasteiger charge is 2.04. The molecular weight excluding hydrogens is 337 g/mol.